The molecule has 0 aromatic rings. The standard InChI is InChI=1S/C12H22N2O4/c1-11(2,3)9(13)10(17)14-6-12(4,7-14)18-5-8(15)16/h9H,5-7,13H2,1-4H3,(H,15,16)/t9-/m1/s1. The van der Waals surface area contributed by atoms with Gasteiger partial charge in [0.1, 0.15) is 12.2 Å². The summed E-state index contributed by atoms with van der Waals surface area (Å²) in [6.07, 6.45) is 0. The number of carbonyl (C=O) groups is 2. The molecular formula is C12H22N2O4. The first-order chi connectivity index (χ1) is 8.05. The molecule has 1 aliphatic rings. The maximum Gasteiger partial charge on any atom is 0.329 e. The maximum absolute atomic E-state index is 12.0. The van der Waals surface area contributed by atoms with Gasteiger partial charge in [-0.05, 0) is 12.3 Å². The van der Waals surface area contributed by atoms with Crippen molar-refractivity contribution in [1.82, 2.24) is 4.90 Å². The Morgan fingerprint density at radius 3 is 2.33 bits per heavy atom. The van der Waals surface area contributed by atoms with E-state index >= 15 is 0 Å². The number of amides is 1. The third kappa shape index (κ3) is 3.43. The zero-order chi connectivity index (χ0) is 14.1. The van der Waals surface area contributed by atoms with E-state index in [1.807, 2.05) is 20.8 Å². The number of hydrogen-bond donors (Lipinski definition) is 2. The molecule has 104 valence electrons. The minimum absolute atomic E-state index is 0.112. The monoisotopic (exact) mass is 258 g/mol. The van der Waals surface area contributed by atoms with Gasteiger partial charge in [0.25, 0.3) is 0 Å². The Morgan fingerprint density at radius 1 is 1.44 bits per heavy atom. The molecule has 0 aliphatic carbocycles. The number of nitrogens with two attached hydrogens (primary N) is 1. The molecule has 6 heteroatoms. The highest BCUT2D eigenvalue weighted by atomic mass is 16.5. The number of aliphatic carboxylic acids is 1. The number of carboxylic acid groups (broad SMARTS) is 1. The number of ether oxygens (including phenoxy) is 1. The van der Waals surface area contributed by atoms with E-state index < -0.39 is 17.6 Å². The molecule has 1 rings (SSSR count). The van der Waals surface area contributed by atoms with E-state index in [4.69, 9.17) is 15.6 Å². The molecule has 0 saturated carbocycles. The molecule has 1 fully saturated rings. The largest absolute Gasteiger partial charge is 0.480 e. The lowest BCUT2D eigenvalue weighted by atomic mass is 9.85. The summed E-state index contributed by atoms with van der Waals surface area (Å²) in [5.41, 5.74) is 5.04. The van der Waals surface area contributed by atoms with Crippen molar-refractivity contribution in [1.29, 1.82) is 0 Å². The Bertz CT molecular complexity index is 342. The van der Waals surface area contributed by atoms with Crippen LogP contribution in [0, 0.1) is 5.41 Å². The average Bonchev–Trinajstić information content (AvgIpc) is 2.19. The molecule has 1 heterocycles. The molecule has 0 spiro atoms. The summed E-state index contributed by atoms with van der Waals surface area (Å²) in [5.74, 6) is -1.12. The minimum Gasteiger partial charge on any atom is -0.480 e. The number of carboxylic acids is 1. The van der Waals surface area contributed by atoms with Crippen LogP contribution in [0.15, 0.2) is 0 Å². The minimum atomic E-state index is -1.01. The number of rotatable bonds is 4. The highest BCUT2D eigenvalue weighted by Crippen LogP contribution is 2.28. The second kappa shape index (κ2) is 4.85. The lowest BCUT2D eigenvalue weighted by Gasteiger charge is -2.48. The summed E-state index contributed by atoms with van der Waals surface area (Å²) in [5, 5.41) is 8.54. The van der Waals surface area contributed by atoms with E-state index in [-0.39, 0.29) is 17.9 Å². The van der Waals surface area contributed by atoms with Crippen LogP contribution in [0.25, 0.3) is 0 Å². The van der Waals surface area contributed by atoms with Crippen LogP contribution in [-0.2, 0) is 14.3 Å². The van der Waals surface area contributed by atoms with E-state index in [1.165, 1.54) is 0 Å². The van der Waals surface area contributed by atoms with E-state index in [2.05, 4.69) is 0 Å². The Kier molecular flexibility index (Phi) is 4.02. The van der Waals surface area contributed by atoms with Crippen LogP contribution in [0.3, 0.4) is 0 Å². The summed E-state index contributed by atoms with van der Waals surface area (Å²) in [6.45, 7) is 7.97. The molecule has 0 unspecified atom stereocenters. The summed E-state index contributed by atoms with van der Waals surface area (Å²) < 4.78 is 5.24. The van der Waals surface area contributed by atoms with Gasteiger partial charge in [-0.25, -0.2) is 4.79 Å². The zero-order valence-corrected chi connectivity index (χ0v) is 11.4. The van der Waals surface area contributed by atoms with Crippen LogP contribution in [0.4, 0.5) is 0 Å². The van der Waals surface area contributed by atoms with Crippen molar-refractivity contribution >= 4 is 11.9 Å². The molecule has 0 aromatic heterocycles. The first kappa shape index (κ1) is 14.9. The van der Waals surface area contributed by atoms with E-state index in [0.717, 1.165) is 0 Å². The van der Waals surface area contributed by atoms with Gasteiger partial charge < -0.3 is 20.5 Å². The second-order valence-corrected chi connectivity index (χ2v) is 6.17. The van der Waals surface area contributed by atoms with Gasteiger partial charge in [0.15, 0.2) is 0 Å². The Morgan fingerprint density at radius 2 is 1.94 bits per heavy atom. The molecule has 0 aromatic carbocycles. The summed E-state index contributed by atoms with van der Waals surface area (Å²) in [7, 11) is 0. The van der Waals surface area contributed by atoms with Gasteiger partial charge in [0.2, 0.25) is 5.91 Å². The topological polar surface area (TPSA) is 92.9 Å². The quantitative estimate of drug-likeness (QED) is 0.744. The van der Waals surface area contributed by atoms with Crippen LogP contribution in [-0.4, -0.2) is 53.2 Å². The number of carbonyl (C=O) groups excluding carboxylic acids is 1. The molecule has 3 N–H and O–H groups in total. The maximum atomic E-state index is 12.0. The third-order valence-corrected chi connectivity index (χ3v) is 3.11. The molecule has 1 amide bonds. The summed E-state index contributed by atoms with van der Waals surface area (Å²) in [6, 6.07) is -0.554. The van der Waals surface area contributed by atoms with Crippen molar-refractivity contribution < 1.29 is 19.4 Å². The van der Waals surface area contributed by atoms with Crippen molar-refractivity contribution in [2.45, 2.75) is 39.3 Å². The number of nitrogens with zero attached hydrogens (tertiary/aromatic N) is 1. The molecule has 0 bridgehead atoms. The van der Waals surface area contributed by atoms with Crippen molar-refractivity contribution in [3.05, 3.63) is 0 Å². The summed E-state index contributed by atoms with van der Waals surface area (Å²) in [4.78, 5) is 24.1. The molecule has 0 radical (unpaired) electrons. The molecule has 1 saturated heterocycles. The highest BCUT2D eigenvalue weighted by molar-refractivity contribution is 5.83. The Labute approximate surface area is 107 Å². The van der Waals surface area contributed by atoms with E-state index in [0.29, 0.717) is 13.1 Å². The lowest BCUT2D eigenvalue weighted by Crippen LogP contribution is -2.67. The van der Waals surface area contributed by atoms with Crippen LogP contribution in [0.2, 0.25) is 0 Å². The van der Waals surface area contributed by atoms with Crippen molar-refractivity contribution in [3.63, 3.8) is 0 Å². The van der Waals surface area contributed by atoms with Gasteiger partial charge in [-0.15, -0.1) is 0 Å². The molecule has 6 nitrogen and oxygen atoms in total. The smallest absolute Gasteiger partial charge is 0.329 e. The Balaban J connectivity index is 2.46. The fraction of sp³-hybridized carbons (Fsp3) is 0.833. The zero-order valence-electron chi connectivity index (χ0n) is 11.4. The number of hydrogen-bond acceptors (Lipinski definition) is 4. The lowest BCUT2D eigenvalue weighted by molar-refractivity contribution is -0.175. The molecule has 18 heavy (non-hydrogen) atoms. The molecule has 1 aliphatic heterocycles. The van der Waals surface area contributed by atoms with Crippen molar-refractivity contribution in [3.8, 4) is 0 Å². The average molecular weight is 258 g/mol. The van der Waals surface area contributed by atoms with Gasteiger partial charge in [0, 0.05) is 0 Å². The predicted molar refractivity (Wildman–Crippen MR) is 66.0 cm³/mol. The molecule has 1 atom stereocenters. The second-order valence-electron chi connectivity index (χ2n) is 6.17. The van der Waals surface area contributed by atoms with Crippen LogP contribution >= 0.6 is 0 Å². The summed E-state index contributed by atoms with van der Waals surface area (Å²) >= 11 is 0. The van der Waals surface area contributed by atoms with E-state index in [9.17, 15) is 9.59 Å². The van der Waals surface area contributed by atoms with Crippen LogP contribution < -0.4 is 5.73 Å². The van der Waals surface area contributed by atoms with E-state index in [1.54, 1.807) is 11.8 Å². The van der Waals surface area contributed by atoms with Gasteiger partial charge in [-0.2, -0.15) is 0 Å². The Hall–Kier alpha value is -1.14. The highest BCUT2D eigenvalue weighted by Gasteiger charge is 2.45. The molecular weight excluding hydrogens is 236 g/mol. The van der Waals surface area contributed by atoms with Gasteiger partial charge in [-0.1, -0.05) is 20.8 Å². The predicted octanol–water partition coefficient (Wildman–Crippen LogP) is 0.0619. The normalized spacial score (nSPS) is 20.2. The van der Waals surface area contributed by atoms with Gasteiger partial charge in [-0.3, -0.25) is 4.79 Å². The third-order valence-electron chi connectivity index (χ3n) is 3.11. The first-order valence-electron chi connectivity index (χ1n) is 5.95. The van der Waals surface area contributed by atoms with Crippen LogP contribution in [0.1, 0.15) is 27.7 Å². The first-order valence-corrected chi connectivity index (χ1v) is 5.95. The number of likely N-dealkylation sites (tertiary alicyclic amines) is 1. The van der Waals surface area contributed by atoms with Crippen molar-refractivity contribution in [2.75, 3.05) is 19.7 Å². The SMILES string of the molecule is CC1(OCC(=O)O)CN(C(=O)[C@@H](N)C(C)(C)C)C1. The van der Waals surface area contributed by atoms with Gasteiger partial charge >= 0.3 is 5.97 Å². The van der Waals surface area contributed by atoms with Crippen LogP contribution in [0.5, 0.6) is 0 Å². The fourth-order valence-corrected chi connectivity index (χ4v) is 1.81. The van der Waals surface area contributed by atoms with Gasteiger partial charge in [0.05, 0.1) is 19.1 Å². The van der Waals surface area contributed by atoms with Crippen molar-refractivity contribution in [2.24, 2.45) is 11.1 Å². The fourth-order valence-electron chi connectivity index (χ4n) is 1.81.